The van der Waals surface area contributed by atoms with Crippen molar-refractivity contribution in [1.82, 2.24) is 5.32 Å². The first-order valence-corrected chi connectivity index (χ1v) is 6.16. The molecule has 2 atom stereocenters. The van der Waals surface area contributed by atoms with Crippen LogP contribution in [-0.2, 0) is 0 Å². The van der Waals surface area contributed by atoms with Crippen molar-refractivity contribution >= 4 is 0 Å². The van der Waals surface area contributed by atoms with Crippen molar-refractivity contribution < 1.29 is 5.11 Å². The molecule has 0 aromatic rings. The predicted molar refractivity (Wildman–Crippen MR) is 58.2 cm³/mol. The zero-order chi connectivity index (χ0) is 10.0. The van der Waals surface area contributed by atoms with Gasteiger partial charge in [-0.15, -0.1) is 0 Å². The Morgan fingerprint density at radius 1 is 1.36 bits per heavy atom. The molecule has 82 valence electrons. The molecule has 14 heavy (non-hydrogen) atoms. The summed E-state index contributed by atoms with van der Waals surface area (Å²) in [5, 5.41) is 13.2. The van der Waals surface area contributed by atoms with Crippen LogP contribution < -0.4 is 5.32 Å². The van der Waals surface area contributed by atoms with Crippen molar-refractivity contribution in [3.05, 3.63) is 0 Å². The Morgan fingerprint density at radius 2 is 2.14 bits per heavy atom. The number of aliphatic hydroxyl groups is 1. The van der Waals surface area contributed by atoms with Gasteiger partial charge in [0.05, 0.1) is 6.61 Å². The molecule has 2 nitrogen and oxygen atoms in total. The Balaban J connectivity index is 1.94. The zero-order valence-electron chi connectivity index (χ0n) is 9.26. The zero-order valence-corrected chi connectivity index (χ0v) is 9.26. The molecule has 0 aromatic heterocycles. The van der Waals surface area contributed by atoms with Crippen LogP contribution in [0.1, 0.15) is 51.9 Å². The summed E-state index contributed by atoms with van der Waals surface area (Å²) in [5.74, 6) is 0.835. The average Bonchev–Trinajstić information content (AvgIpc) is 3.02. The Labute approximate surface area is 87.1 Å². The van der Waals surface area contributed by atoms with Gasteiger partial charge in [-0.3, -0.25) is 0 Å². The first-order valence-electron chi connectivity index (χ1n) is 6.16. The molecule has 0 bridgehead atoms. The topological polar surface area (TPSA) is 32.3 Å². The van der Waals surface area contributed by atoms with Crippen molar-refractivity contribution in [3.63, 3.8) is 0 Å². The molecule has 2 saturated carbocycles. The Morgan fingerprint density at radius 3 is 2.71 bits per heavy atom. The summed E-state index contributed by atoms with van der Waals surface area (Å²) in [7, 11) is 0. The fraction of sp³-hybridized carbons (Fsp3) is 1.00. The first-order chi connectivity index (χ1) is 6.78. The maximum Gasteiger partial charge on any atom is 0.0613 e. The van der Waals surface area contributed by atoms with E-state index in [9.17, 15) is 5.11 Å². The van der Waals surface area contributed by atoms with Crippen LogP contribution in [0, 0.1) is 5.92 Å². The van der Waals surface area contributed by atoms with Crippen molar-refractivity contribution in [3.8, 4) is 0 Å². The molecule has 0 amide bonds. The largest absolute Gasteiger partial charge is 0.394 e. The van der Waals surface area contributed by atoms with Crippen molar-refractivity contribution in [2.45, 2.75) is 63.5 Å². The van der Waals surface area contributed by atoms with E-state index in [-0.39, 0.29) is 5.54 Å². The quantitative estimate of drug-likeness (QED) is 0.723. The summed E-state index contributed by atoms with van der Waals surface area (Å²) in [4.78, 5) is 0. The minimum Gasteiger partial charge on any atom is -0.394 e. The van der Waals surface area contributed by atoms with E-state index in [1.807, 2.05) is 0 Å². The van der Waals surface area contributed by atoms with Crippen LogP contribution in [0.25, 0.3) is 0 Å². The van der Waals surface area contributed by atoms with Crippen LogP contribution in [0.5, 0.6) is 0 Å². The standard InChI is InChI=1S/C12H23NO/c1-2-10-4-3-7-12(8-10,9-14)13-11-5-6-11/h10-11,13-14H,2-9H2,1H3. The van der Waals surface area contributed by atoms with Crippen LogP contribution in [0.15, 0.2) is 0 Å². The summed E-state index contributed by atoms with van der Waals surface area (Å²) in [6.45, 7) is 2.61. The summed E-state index contributed by atoms with van der Waals surface area (Å²) >= 11 is 0. The van der Waals surface area contributed by atoms with E-state index >= 15 is 0 Å². The maximum absolute atomic E-state index is 9.57. The van der Waals surface area contributed by atoms with E-state index in [1.54, 1.807) is 0 Å². The summed E-state index contributed by atoms with van der Waals surface area (Å²) in [5.41, 5.74) is 0.0834. The van der Waals surface area contributed by atoms with Crippen molar-refractivity contribution in [2.75, 3.05) is 6.61 Å². The number of nitrogens with one attached hydrogen (secondary N) is 1. The van der Waals surface area contributed by atoms with Crippen LogP contribution in [-0.4, -0.2) is 23.3 Å². The molecular formula is C12H23NO. The molecule has 2 aliphatic carbocycles. The van der Waals surface area contributed by atoms with Crippen molar-refractivity contribution in [2.24, 2.45) is 5.92 Å². The normalized spacial score (nSPS) is 38.6. The number of aliphatic hydroxyl groups excluding tert-OH is 1. The highest BCUT2D eigenvalue weighted by Crippen LogP contribution is 2.36. The van der Waals surface area contributed by atoms with E-state index in [0.717, 1.165) is 12.0 Å². The summed E-state index contributed by atoms with van der Waals surface area (Å²) < 4.78 is 0. The second kappa shape index (κ2) is 4.19. The molecule has 2 aliphatic rings. The third-order valence-corrected chi connectivity index (χ3v) is 3.91. The number of hydrogen-bond acceptors (Lipinski definition) is 2. The van der Waals surface area contributed by atoms with Crippen LogP contribution in [0.3, 0.4) is 0 Å². The molecule has 2 fully saturated rings. The molecule has 0 aromatic carbocycles. The second-order valence-corrected chi connectivity index (χ2v) is 5.23. The lowest BCUT2D eigenvalue weighted by atomic mass is 9.75. The van der Waals surface area contributed by atoms with Gasteiger partial charge in [-0.1, -0.05) is 26.2 Å². The molecule has 0 radical (unpaired) electrons. The molecule has 0 saturated heterocycles. The lowest BCUT2D eigenvalue weighted by molar-refractivity contribution is 0.0924. The number of rotatable bonds is 4. The van der Waals surface area contributed by atoms with Gasteiger partial charge in [0.1, 0.15) is 0 Å². The lowest BCUT2D eigenvalue weighted by Gasteiger charge is -2.40. The third kappa shape index (κ3) is 2.29. The fourth-order valence-corrected chi connectivity index (χ4v) is 2.82. The minimum absolute atomic E-state index is 0.0834. The van der Waals surface area contributed by atoms with Gasteiger partial charge in [0, 0.05) is 11.6 Å². The van der Waals surface area contributed by atoms with Gasteiger partial charge < -0.3 is 10.4 Å². The van der Waals surface area contributed by atoms with Crippen LogP contribution in [0.4, 0.5) is 0 Å². The molecule has 2 heteroatoms. The Kier molecular flexibility index (Phi) is 3.13. The summed E-state index contributed by atoms with van der Waals surface area (Å²) in [6, 6.07) is 0.720. The highest BCUT2D eigenvalue weighted by molar-refractivity contribution is 4.98. The van der Waals surface area contributed by atoms with E-state index in [2.05, 4.69) is 12.2 Å². The summed E-state index contributed by atoms with van der Waals surface area (Å²) in [6.07, 6.45) is 8.93. The third-order valence-electron chi connectivity index (χ3n) is 3.91. The van der Waals surface area contributed by atoms with Gasteiger partial charge in [-0.05, 0) is 31.6 Å². The molecule has 2 rings (SSSR count). The van der Waals surface area contributed by atoms with Gasteiger partial charge in [0.2, 0.25) is 0 Å². The Hall–Kier alpha value is -0.0800. The van der Waals surface area contributed by atoms with Gasteiger partial charge in [0.15, 0.2) is 0 Å². The molecular weight excluding hydrogens is 174 g/mol. The molecule has 0 aliphatic heterocycles. The minimum atomic E-state index is 0.0834. The lowest BCUT2D eigenvalue weighted by Crippen LogP contribution is -2.52. The second-order valence-electron chi connectivity index (χ2n) is 5.23. The molecule has 0 heterocycles. The highest BCUT2D eigenvalue weighted by Gasteiger charge is 2.39. The number of hydrogen-bond donors (Lipinski definition) is 2. The van der Waals surface area contributed by atoms with Crippen LogP contribution >= 0.6 is 0 Å². The molecule has 0 spiro atoms. The van der Waals surface area contributed by atoms with Gasteiger partial charge >= 0.3 is 0 Å². The van der Waals surface area contributed by atoms with E-state index in [0.29, 0.717) is 6.61 Å². The fourth-order valence-electron chi connectivity index (χ4n) is 2.82. The first kappa shape index (κ1) is 10.4. The van der Waals surface area contributed by atoms with E-state index in [4.69, 9.17) is 0 Å². The van der Waals surface area contributed by atoms with Crippen LogP contribution in [0.2, 0.25) is 0 Å². The van der Waals surface area contributed by atoms with Gasteiger partial charge in [0.25, 0.3) is 0 Å². The smallest absolute Gasteiger partial charge is 0.0613 e. The average molecular weight is 197 g/mol. The molecule has 2 N–H and O–H groups in total. The maximum atomic E-state index is 9.57. The van der Waals surface area contributed by atoms with E-state index < -0.39 is 0 Å². The van der Waals surface area contributed by atoms with Gasteiger partial charge in [-0.25, -0.2) is 0 Å². The molecule has 2 unspecified atom stereocenters. The highest BCUT2D eigenvalue weighted by atomic mass is 16.3. The van der Waals surface area contributed by atoms with Gasteiger partial charge in [-0.2, -0.15) is 0 Å². The van der Waals surface area contributed by atoms with Crippen molar-refractivity contribution in [1.29, 1.82) is 0 Å². The SMILES string of the molecule is CCC1CCCC(CO)(NC2CC2)C1. The predicted octanol–water partition coefficient (Wildman–Crippen LogP) is 2.07. The van der Waals surface area contributed by atoms with E-state index in [1.165, 1.54) is 44.9 Å². The monoisotopic (exact) mass is 197 g/mol. The Bertz CT molecular complexity index is 191.